The Balaban J connectivity index is 2.15. The molecule has 3 aliphatic rings. The molecular weight excluding hydrogens is 244 g/mol. The van der Waals surface area contributed by atoms with Gasteiger partial charge in [-0.3, -0.25) is 9.59 Å². The third-order valence-corrected chi connectivity index (χ3v) is 4.89. The summed E-state index contributed by atoms with van der Waals surface area (Å²) >= 11 is 0. The van der Waals surface area contributed by atoms with Crippen molar-refractivity contribution >= 4 is 17.5 Å². The lowest BCUT2D eigenvalue weighted by Gasteiger charge is -2.33. The summed E-state index contributed by atoms with van der Waals surface area (Å²) in [6.07, 6.45) is 0.457. The zero-order valence-electron chi connectivity index (χ0n) is 11.7. The summed E-state index contributed by atoms with van der Waals surface area (Å²) in [5.74, 6) is -0.682. The van der Waals surface area contributed by atoms with E-state index in [4.69, 9.17) is 4.74 Å². The molecule has 1 saturated carbocycles. The zero-order valence-corrected chi connectivity index (χ0v) is 11.7. The van der Waals surface area contributed by atoms with Crippen molar-refractivity contribution in [3.05, 3.63) is 11.1 Å². The molecule has 19 heavy (non-hydrogen) atoms. The smallest absolute Gasteiger partial charge is 0.342 e. The molecule has 0 aromatic carbocycles. The minimum Gasteiger partial charge on any atom is -0.458 e. The Bertz CT molecular complexity index is 550. The van der Waals surface area contributed by atoms with E-state index < -0.39 is 16.8 Å². The molecule has 0 radical (unpaired) electrons. The van der Waals surface area contributed by atoms with E-state index in [2.05, 4.69) is 0 Å². The van der Waals surface area contributed by atoms with Crippen LogP contribution < -0.4 is 0 Å². The Morgan fingerprint density at radius 1 is 1.11 bits per heavy atom. The maximum atomic E-state index is 12.3. The summed E-state index contributed by atoms with van der Waals surface area (Å²) in [5.41, 5.74) is -0.0337. The summed E-state index contributed by atoms with van der Waals surface area (Å²) in [6, 6.07) is 0. The van der Waals surface area contributed by atoms with Gasteiger partial charge in [0, 0.05) is 23.2 Å². The van der Waals surface area contributed by atoms with Gasteiger partial charge in [0.1, 0.15) is 17.5 Å². The highest BCUT2D eigenvalue weighted by Gasteiger charge is 2.59. The van der Waals surface area contributed by atoms with Crippen molar-refractivity contribution in [2.45, 2.75) is 46.6 Å². The average molecular weight is 262 g/mol. The molecule has 0 spiro atoms. The maximum Gasteiger partial charge on any atom is 0.342 e. The van der Waals surface area contributed by atoms with Gasteiger partial charge in [-0.1, -0.05) is 27.7 Å². The number of hydrogen-bond acceptors (Lipinski definition) is 4. The summed E-state index contributed by atoms with van der Waals surface area (Å²) in [7, 11) is 0. The van der Waals surface area contributed by atoms with E-state index in [0.717, 1.165) is 5.57 Å². The Morgan fingerprint density at radius 2 is 1.74 bits per heavy atom. The molecule has 1 fully saturated rings. The topological polar surface area (TPSA) is 60.4 Å². The molecule has 4 heteroatoms. The Morgan fingerprint density at radius 3 is 2.37 bits per heavy atom. The number of carbonyl (C=O) groups excluding carboxylic acids is 3. The van der Waals surface area contributed by atoms with Gasteiger partial charge in [-0.2, -0.15) is 0 Å². The number of Topliss-reactive ketones (excluding diaryl/α,β-unsaturated/α-hetero) is 2. The molecular formula is C15H18O4. The van der Waals surface area contributed by atoms with Crippen LogP contribution in [-0.2, 0) is 19.1 Å². The van der Waals surface area contributed by atoms with E-state index in [1.165, 1.54) is 0 Å². The van der Waals surface area contributed by atoms with Gasteiger partial charge in [0.05, 0.1) is 0 Å². The molecule has 3 rings (SSSR count). The van der Waals surface area contributed by atoms with Gasteiger partial charge in [0.15, 0.2) is 5.78 Å². The van der Waals surface area contributed by atoms with E-state index in [0.29, 0.717) is 6.42 Å². The number of ether oxygens (including phenoxy) is 1. The first kappa shape index (κ1) is 12.6. The number of fused-ring (bicyclic) bond motifs is 2. The molecule has 0 saturated heterocycles. The van der Waals surface area contributed by atoms with Crippen LogP contribution in [0, 0.1) is 16.7 Å². The number of ketones is 2. The monoisotopic (exact) mass is 262 g/mol. The largest absolute Gasteiger partial charge is 0.458 e. The summed E-state index contributed by atoms with van der Waals surface area (Å²) in [5, 5.41) is 0. The molecule has 0 bridgehead atoms. The lowest BCUT2D eigenvalue weighted by atomic mass is 9.73. The first-order chi connectivity index (χ1) is 8.66. The van der Waals surface area contributed by atoms with Crippen LogP contribution in [0.1, 0.15) is 40.5 Å². The first-order valence-electron chi connectivity index (χ1n) is 6.68. The first-order valence-corrected chi connectivity index (χ1v) is 6.68. The van der Waals surface area contributed by atoms with Crippen molar-refractivity contribution in [1.82, 2.24) is 0 Å². The van der Waals surface area contributed by atoms with Crippen LogP contribution >= 0.6 is 0 Å². The Hall–Kier alpha value is -1.45. The number of esters is 1. The highest BCUT2D eigenvalue weighted by Crippen LogP contribution is 2.54. The van der Waals surface area contributed by atoms with Crippen LogP contribution in [0.25, 0.3) is 0 Å². The van der Waals surface area contributed by atoms with Crippen molar-refractivity contribution in [2.24, 2.45) is 16.7 Å². The molecule has 0 aromatic heterocycles. The van der Waals surface area contributed by atoms with E-state index in [1.807, 2.05) is 27.7 Å². The molecule has 2 aliphatic carbocycles. The van der Waals surface area contributed by atoms with Crippen LogP contribution in [0.5, 0.6) is 0 Å². The lowest BCUT2D eigenvalue weighted by molar-refractivity contribution is -0.149. The molecule has 4 nitrogen and oxygen atoms in total. The summed E-state index contributed by atoms with van der Waals surface area (Å²) < 4.78 is 5.36. The molecule has 2 atom stereocenters. The minimum absolute atomic E-state index is 0.112. The molecule has 1 aliphatic heterocycles. The molecule has 2 unspecified atom stereocenters. The van der Waals surface area contributed by atoms with Gasteiger partial charge in [0.25, 0.3) is 0 Å². The van der Waals surface area contributed by atoms with Crippen molar-refractivity contribution in [2.75, 3.05) is 0 Å². The van der Waals surface area contributed by atoms with Gasteiger partial charge < -0.3 is 4.74 Å². The third-order valence-electron chi connectivity index (χ3n) is 4.89. The molecule has 0 aromatic rings. The van der Waals surface area contributed by atoms with Gasteiger partial charge in [0.2, 0.25) is 0 Å². The molecule has 1 heterocycles. The van der Waals surface area contributed by atoms with Crippen LogP contribution in [0.4, 0.5) is 0 Å². The fraction of sp³-hybridized carbons (Fsp3) is 0.667. The van der Waals surface area contributed by atoms with E-state index in [1.54, 1.807) is 0 Å². The lowest BCUT2D eigenvalue weighted by Crippen LogP contribution is -2.37. The fourth-order valence-electron chi connectivity index (χ4n) is 3.79. The van der Waals surface area contributed by atoms with Crippen molar-refractivity contribution in [1.29, 1.82) is 0 Å². The number of hydrogen-bond donors (Lipinski definition) is 0. The summed E-state index contributed by atoms with van der Waals surface area (Å²) in [6.45, 7) is 7.47. The molecule has 102 valence electrons. The highest BCUT2D eigenvalue weighted by molar-refractivity contribution is 6.22. The third kappa shape index (κ3) is 1.43. The van der Waals surface area contributed by atoms with E-state index >= 15 is 0 Å². The van der Waals surface area contributed by atoms with Crippen LogP contribution in [0.15, 0.2) is 11.1 Å². The second kappa shape index (κ2) is 3.35. The maximum absolute atomic E-state index is 12.3. The summed E-state index contributed by atoms with van der Waals surface area (Å²) in [4.78, 5) is 36.4. The zero-order chi connectivity index (χ0) is 14.2. The molecule has 0 N–H and O–H groups in total. The second-order valence-electron chi connectivity index (χ2n) is 7.06. The normalized spacial score (nSPS) is 35.3. The van der Waals surface area contributed by atoms with E-state index in [9.17, 15) is 14.4 Å². The average Bonchev–Trinajstić information content (AvgIpc) is 2.61. The Labute approximate surface area is 112 Å². The van der Waals surface area contributed by atoms with E-state index in [-0.39, 0.29) is 35.6 Å². The van der Waals surface area contributed by atoms with Crippen molar-refractivity contribution < 1.29 is 19.1 Å². The van der Waals surface area contributed by atoms with Crippen LogP contribution in [-0.4, -0.2) is 23.6 Å². The minimum atomic E-state index is -0.555. The standard InChI is InChI=1S/C15H18O4/c1-14(2)6-7-10(12(14)17)13(18)19-8-5-9(16)15(3,4)11(7)8/h8,11H,5-6H2,1-4H3. The predicted octanol–water partition coefficient (Wildman–Crippen LogP) is 1.82. The Kier molecular flexibility index (Phi) is 2.22. The predicted molar refractivity (Wildman–Crippen MR) is 67.2 cm³/mol. The van der Waals surface area contributed by atoms with Gasteiger partial charge in [-0.15, -0.1) is 0 Å². The highest BCUT2D eigenvalue weighted by atomic mass is 16.5. The number of rotatable bonds is 0. The molecule has 0 amide bonds. The quantitative estimate of drug-likeness (QED) is 0.493. The van der Waals surface area contributed by atoms with Crippen molar-refractivity contribution in [3.8, 4) is 0 Å². The van der Waals surface area contributed by atoms with Gasteiger partial charge >= 0.3 is 5.97 Å². The van der Waals surface area contributed by atoms with Crippen LogP contribution in [0.2, 0.25) is 0 Å². The van der Waals surface area contributed by atoms with Gasteiger partial charge in [-0.05, 0) is 12.0 Å². The number of carbonyl (C=O) groups is 3. The second-order valence-corrected chi connectivity index (χ2v) is 7.06. The fourth-order valence-corrected chi connectivity index (χ4v) is 3.79. The SMILES string of the molecule is CC1(C)CC2=C(C(=O)OC3CC(=O)C(C)(C)C23)C1=O. The van der Waals surface area contributed by atoms with Crippen molar-refractivity contribution in [3.63, 3.8) is 0 Å². The van der Waals surface area contributed by atoms with Gasteiger partial charge in [-0.25, -0.2) is 4.79 Å². The van der Waals surface area contributed by atoms with Crippen LogP contribution in [0.3, 0.4) is 0 Å².